The summed E-state index contributed by atoms with van der Waals surface area (Å²) < 4.78 is 4.45. The lowest BCUT2D eigenvalue weighted by Gasteiger charge is -1.90. The van der Waals surface area contributed by atoms with Gasteiger partial charge in [0.1, 0.15) is 0 Å². The average molecular weight is 157 g/mol. The minimum atomic E-state index is 0.758. The predicted molar refractivity (Wildman–Crippen MR) is 39.8 cm³/mol. The van der Waals surface area contributed by atoms with Crippen molar-refractivity contribution in [1.82, 2.24) is 10.1 Å². The van der Waals surface area contributed by atoms with E-state index in [1.807, 2.05) is 11.8 Å². The lowest BCUT2D eigenvalue weighted by Crippen LogP contribution is -1.89. The SMILES string of the molecule is CSCCCc1n[c]on1. The highest BCUT2D eigenvalue weighted by molar-refractivity contribution is 7.98. The molecule has 1 heterocycles. The first-order valence-electron chi connectivity index (χ1n) is 3.11. The molecule has 0 saturated carbocycles. The second-order valence-electron chi connectivity index (χ2n) is 1.90. The van der Waals surface area contributed by atoms with Gasteiger partial charge in [0, 0.05) is 6.42 Å². The Balaban J connectivity index is 2.15. The summed E-state index contributed by atoms with van der Waals surface area (Å²) in [6.45, 7) is 0. The molecular weight excluding hydrogens is 148 g/mol. The van der Waals surface area contributed by atoms with E-state index in [-0.39, 0.29) is 0 Å². The number of hydrogen-bond donors (Lipinski definition) is 0. The van der Waals surface area contributed by atoms with Gasteiger partial charge in [-0.3, -0.25) is 0 Å². The van der Waals surface area contributed by atoms with Crippen molar-refractivity contribution in [3.8, 4) is 0 Å². The molecule has 3 nitrogen and oxygen atoms in total. The second kappa shape index (κ2) is 4.33. The molecule has 0 atom stereocenters. The van der Waals surface area contributed by atoms with E-state index >= 15 is 0 Å². The lowest BCUT2D eigenvalue weighted by molar-refractivity contribution is 0.403. The Morgan fingerprint density at radius 3 is 3.20 bits per heavy atom. The normalized spacial score (nSPS) is 10.1. The van der Waals surface area contributed by atoms with Crippen LogP contribution in [0.5, 0.6) is 0 Å². The number of thioether (sulfide) groups is 1. The number of aromatic nitrogens is 2. The third-order valence-corrected chi connectivity index (χ3v) is 1.81. The van der Waals surface area contributed by atoms with E-state index in [0.29, 0.717) is 0 Å². The van der Waals surface area contributed by atoms with Gasteiger partial charge >= 0.3 is 6.39 Å². The summed E-state index contributed by atoms with van der Waals surface area (Å²) in [5.41, 5.74) is 0. The maximum absolute atomic E-state index is 4.45. The van der Waals surface area contributed by atoms with Crippen LogP contribution in [0.1, 0.15) is 12.2 Å². The fraction of sp³-hybridized carbons (Fsp3) is 0.667. The summed E-state index contributed by atoms with van der Waals surface area (Å²) in [6.07, 6.45) is 6.40. The van der Waals surface area contributed by atoms with Gasteiger partial charge in [0.25, 0.3) is 0 Å². The van der Waals surface area contributed by atoms with Crippen LogP contribution in [0, 0.1) is 6.39 Å². The molecule has 0 spiro atoms. The molecule has 0 aliphatic carbocycles. The molecule has 0 bridgehead atoms. The molecule has 0 aliphatic rings. The monoisotopic (exact) mass is 157 g/mol. The van der Waals surface area contributed by atoms with Crippen LogP contribution in [-0.4, -0.2) is 22.1 Å². The van der Waals surface area contributed by atoms with Gasteiger partial charge in [-0.2, -0.15) is 16.7 Å². The van der Waals surface area contributed by atoms with Gasteiger partial charge in [0.2, 0.25) is 0 Å². The zero-order valence-corrected chi connectivity index (χ0v) is 6.65. The molecule has 0 aromatic carbocycles. The number of rotatable bonds is 4. The topological polar surface area (TPSA) is 38.9 Å². The van der Waals surface area contributed by atoms with Crippen molar-refractivity contribution in [2.75, 3.05) is 12.0 Å². The van der Waals surface area contributed by atoms with Crippen molar-refractivity contribution in [2.24, 2.45) is 0 Å². The van der Waals surface area contributed by atoms with Crippen molar-refractivity contribution in [3.63, 3.8) is 0 Å². The van der Waals surface area contributed by atoms with Gasteiger partial charge in [-0.15, -0.1) is 0 Å². The Bertz CT molecular complexity index is 164. The lowest BCUT2D eigenvalue weighted by atomic mass is 10.3. The molecule has 0 fully saturated rings. The Labute approximate surface area is 64.2 Å². The zero-order chi connectivity index (χ0) is 7.23. The second-order valence-corrected chi connectivity index (χ2v) is 2.88. The van der Waals surface area contributed by atoms with Gasteiger partial charge in [-0.05, 0) is 18.4 Å². The molecule has 0 unspecified atom stereocenters. The summed E-state index contributed by atoms with van der Waals surface area (Å²) >= 11 is 1.83. The first-order valence-corrected chi connectivity index (χ1v) is 4.50. The van der Waals surface area contributed by atoms with Crippen molar-refractivity contribution < 1.29 is 4.52 Å². The molecular formula is C6H9N2OS. The van der Waals surface area contributed by atoms with Gasteiger partial charge in [0.15, 0.2) is 5.82 Å². The van der Waals surface area contributed by atoms with Crippen LogP contribution in [0.2, 0.25) is 0 Å². The molecule has 0 saturated heterocycles. The standard InChI is InChI=1S/C6H9N2OS/c1-10-4-2-3-6-7-5-9-8-6/h2-4H2,1H3. The maximum atomic E-state index is 4.45. The average Bonchev–Trinajstić information content (AvgIpc) is 2.41. The first-order chi connectivity index (χ1) is 4.93. The fourth-order valence-electron chi connectivity index (χ4n) is 0.643. The van der Waals surface area contributed by atoms with Crippen LogP contribution < -0.4 is 0 Å². The van der Waals surface area contributed by atoms with Crippen molar-refractivity contribution in [1.29, 1.82) is 0 Å². The first kappa shape index (κ1) is 7.60. The van der Waals surface area contributed by atoms with E-state index in [1.165, 1.54) is 0 Å². The zero-order valence-electron chi connectivity index (χ0n) is 5.83. The van der Waals surface area contributed by atoms with Crippen molar-refractivity contribution in [2.45, 2.75) is 12.8 Å². The molecule has 4 heteroatoms. The molecule has 1 rings (SSSR count). The molecule has 55 valence electrons. The van der Waals surface area contributed by atoms with E-state index in [2.05, 4.69) is 27.3 Å². The van der Waals surface area contributed by atoms with Gasteiger partial charge in [-0.25, -0.2) is 0 Å². The van der Waals surface area contributed by atoms with Crippen LogP contribution in [0.15, 0.2) is 4.52 Å². The predicted octanol–water partition coefficient (Wildman–Crippen LogP) is 1.17. The highest BCUT2D eigenvalue weighted by Crippen LogP contribution is 2.00. The minimum Gasteiger partial charge on any atom is -0.329 e. The van der Waals surface area contributed by atoms with Gasteiger partial charge < -0.3 is 4.52 Å². The van der Waals surface area contributed by atoms with Crippen LogP contribution in [0.4, 0.5) is 0 Å². The third kappa shape index (κ3) is 2.39. The summed E-state index contributed by atoms with van der Waals surface area (Å²) in [7, 11) is 0. The number of nitrogens with zero attached hydrogens (tertiary/aromatic N) is 2. The van der Waals surface area contributed by atoms with Crippen LogP contribution in [0.3, 0.4) is 0 Å². The Morgan fingerprint density at radius 2 is 2.60 bits per heavy atom. The third-order valence-electron chi connectivity index (χ3n) is 1.12. The van der Waals surface area contributed by atoms with E-state index in [1.54, 1.807) is 0 Å². The smallest absolute Gasteiger partial charge is 0.316 e. The molecule has 1 aromatic heterocycles. The highest BCUT2D eigenvalue weighted by atomic mass is 32.2. The van der Waals surface area contributed by atoms with Crippen LogP contribution in [-0.2, 0) is 6.42 Å². The molecule has 0 aliphatic heterocycles. The van der Waals surface area contributed by atoms with Crippen molar-refractivity contribution in [3.05, 3.63) is 12.2 Å². The summed E-state index contributed by atoms with van der Waals surface area (Å²) in [5, 5.41) is 3.64. The number of aryl methyl sites for hydroxylation is 1. The molecule has 10 heavy (non-hydrogen) atoms. The molecule has 0 N–H and O–H groups in total. The minimum absolute atomic E-state index is 0.758. The van der Waals surface area contributed by atoms with E-state index in [9.17, 15) is 0 Å². The molecule has 1 radical (unpaired) electrons. The highest BCUT2D eigenvalue weighted by Gasteiger charge is 1.96. The summed E-state index contributed by atoms with van der Waals surface area (Å²) in [4.78, 5) is 3.78. The van der Waals surface area contributed by atoms with Crippen molar-refractivity contribution >= 4 is 11.8 Å². The molecule has 1 aromatic rings. The Morgan fingerprint density at radius 1 is 1.70 bits per heavy atom. The van der Waals surface area contributed by atoms with Gasteiger partial charge in [0.05, 0.1) is 0 Å². The Kier molecular flexibility index (Phi) is 3.29. The van der Waals surface area contributed by atoms with Crippen LogP contribution in [0.25, 0.3) is 0 Å². The quantitative estimate of drug-likeness (QED) is 0.615. The fourth-order valence-corrected chi connectivity index (χ4v) is 1.08. The summed E-state index contributed by atoms with van der Waals surface area (Å²) in [5.74, 6) is 1.91. The molecule has 0 amide bonds. The van der Waals surface area contributed by atoms with Crippen LogP contribution >= 0.6 is 11.8 Å². The Hall–Kier alpha value is -0.510. The van der Waals surface area contributed by atoms with E-state index in [4.69, 9.17) is 0 Å². The van der Waals surface area contributed by atoms with E-state index in [0.717, 1.165) is 24.4 Å². The summed E-state index contributed by atoms with van der Waals surface area (Å²) in [6, 6.07) is 0. The van der Waals surface area contributed by atoms with Gasteiger partial charge in [-0.1, -0.05) is 5.16 Å². The largest absolute Gasteiger partial charge is 0.329 e. The number of hydrogen-bond acceptors (Lipinski definition) is 4. The van der Waals surface area contributed by atoms with E-state index < -0.39 is 0 Å². The maximum Gasteiger partial charge on any atom is 0.316 e.